The molecule has 0 aliphatic heterocycles. The molecule has 0 aliphatic rings. The van der Waals surface area contributed by atoms with Crippen molar-refractivity contribution in [2.75, 3.05) is 11.9 Å². The summed E-state index contributed by atoms with van der Waals surface area (Å²) in [5, 5.41) is 15.3. The SMILES string of the molecule is CCOc1ccc(C)cc1C(C)NC(=O)/C(C#N)=C\Nc1ccc(Br)c(C)c1. The van der Waals surface area contributed by atoms with Crippen LogP contribution in [0.15, 0.2) is 52.6 Å². The highest BCUT2D eigenvalue weighted by atomic mass is 79.9. The van der Waals surface area contributed by atoms with Crippen LogP contribution in [-0.4, -0.2) is 12.5 Å². The molecule has 0 bridgehead atoms. The van der Waals surface area contributed by atoms with E-state index in [2.05, 4.69) is 26.6 Å². The van der Waals surface area contributed by atoms with E-state index in [9.17, 15) is 10.1 Å². The zero-order valence-corrected chi connectivity index (χ0v) is 18.1. The summed E-state index contributed by atoms with van der Waals surface area (Å²) in [6, 6.07) is 13.2. The fourth-order valence-electron chi connectivity index (χ4n) is 2.68. The lowest BCUT2D eigenvalue weighted by Gasteiger charge is -2.18. The molecular weight excluding hydrogens is 418 g/mol. The van der Waals surface area contributed by atoms with E-state index in [1.807, 2.05) is 70.2 Å². The number of anilines is 1. The minimum absolute atomic E-state index is 0.00182. The van der Waals surface area contributed by atoms with Crippen molar-refractivity contribution in [3.05, 3.63) is 69.3 Å². The van der Waals surface area contributed by atoms with Gasteiger partial charge in [0, 0.05) is 21.9 Å². The summed E-state index contributed by atoms with van der Waals surface area (Å²) >= 11 is 3.45. The number of carbonyl (C=O) groups is 1. The Balaban J connectivity index is 2.14. The van der Waals surface area contributed by atoms with E-state index in [-0.39, 0.29) is 11.6 Å². The Bertz CT molecular complexity index is 932. The molecule has 2 aromatic carbocycles. The second-order valence-corrected chi connectivity index (χ2v) is 7.30. The number of nitrogens with one attached hydrogen (secondary N) is 2. The summed E-state index contributed by atoms with van der Waals surface area (Å²) in [5.41, 5.74) is 3.80. The van der Waals surface area contributed by atoms with Gasteiger partial charge in [0.05, 0.1) is 12.6 Å². The van der Waals surface area contributed by atoms with Gasteiger partial charge in [-0.1, -0.05) is 33.6 Å². The lowest BCUT2D eigenvalue weighted by atomic mass is 10.0. The van der Waals surface area contributed by atoms with Crippen molar-refractivity contribution in [1.82, 2.24) is 5.32 Å². The van der Waals surface area contributed by atoms with E-state index in [1.165, 1.54) is 6.20 Å². The maximum absolute atomic E-state index is 12.6. The third-order valence-corrected chi connectivity index (χ3v) is 5.08. The first-order valence-electron chi connectivity index (χ1n) is 9.02. The Hall–Kier alpha value is -2.78. The Labute approximate surface area is 174 Å². The van der Waals surface area contributed by atoms with Gasteiger partial charge in [0.2, 0.25) is 0 Å². The van der Waals surface area contributed by atoms with E-state index < -0.39 is 5.91 Å². The topological polar surface area (TPSA) is 74.1 Å². The Morgan fingerprint density at radius 3 is 2.68 bits per heavy atom. The molecule has 28 heavy (non-hydrogen) atoms. The lowest BCUT2D eigenvalue weighted by Crippen LogP contribution is -2.28. The molecule has 0 fully saturated rings. The van der Waals surface area contributed by atoms with Crippen LogP contribution < -0.4 is 15.4 Å². The molecule has 146 valence electrons. The van der Waals surface area contributed by atoms with Gasteiger partial charge < -0.3 is 15.4 Å². The zero-order valence-electron chi connectivity index (χ0n) is 16.5. The lowest BCUT2D eigenvalue weighted by molar-refractivity contribution is -0.117. The molecule has 1 unspecified atom stereocenters. The summed E-state index contributed by atoms with van der Waals surface area (Å²) in [7, 11) is 0. The molecule has 0 aromatic heterocycles. The quantitative estimate of drug-likeness (QED) is 0.459. The molecule has 1 amide bonds. The highest BCUT2D eigenvalue weighted by molar-refractivity contribution is 9.10. The van der Waals surface area contributed by atoms with Crippen LogP contribution in [0.25, 0.3) is 0 Å². The second kappa shape index (κ2) is 9.95. The first-order valence-corrected chi connectivity index (χ1v) is 9.82. The van der Waals surface area contributed by atoms with E-state index in [1.54, 1.807) is 0 Å². The summed E-state index contributed by atoms with van der Waals surface area (Å²) < 4.78 is 6.66. The molecule has 0 spiro atoms. The van der Waals surface area contributed by atoms with Crippen LogP contribution in [0, 0.1) is 25.2 Å². The predicted molar refractivity (Wildman–Crippen MR) is 115 cm³/mol. The molecule has 2 N–H and O–H groups in total. The van der Waals surface area contributed by atoms with Crippen molar-refractivity contribution in [3.8, 4) is 11.8 Å². The van der Waals surface area contributed by atoms with Crippen LogP contribution in [0.4, 0.5) is 5.69 Å². The number of ether oxygens (including phenoxy) is 1. The summed E-state index contributed by atoms with van der Waals surface area (Å²) in [4.78, 5) is 12.6. The maximum Gasteiger partial charge on any atom is 0.263 e. The van der Waals surface area contributed by atoms with Gasteiger partial charge in [-0.15, -0.1) is 0 Å². The summed E-state index contributed by atoms with van der Waals surface area (Å²) in [6.45, 7) is 8.28. The number of nitriles is 1. The van der Waals surface area contributed by atoms with Crippen LogP contribution in [-0.2, 0) is 4.79 Å². The molecule has 0 saturated carbocycles. The van der Waals surface area contributed by atoms with Gasteiger partial charge in [0.15, 0.2) is 0 Å². The third kappa shape index (κ3) is 5.61. The zero-order chi connectivity index (χ0) is 20.7. The Morgan fingerprint density at radius 2 is 2.04 bits per heavy atom. The minimum Gasteiger partial charge on any atom is -0.494 e. The first-order chi connectivity index (χ1) is 13.3. The number of halogens is 1. The second-order valence-electron chi connectivity index (χ2n) is 6.45. The van der Waals surface area contributed by atoms with E-state index in [4.69, 9.17) is 4.74 Å². The number of benzene rings is 2. The van der Waals surface area contributed by atoms with Gasteiger partial charge in [-0.05, 0) is 57.5 Å². The van der Waals surface area contributed by atoms with Crippen molar-refractivity contribution < 1.29 is 9.53 Å². The van der Waals surface area contributed by atoms with Crippen LogP contribution in [0.2, 0.25) is 0 Å². The van der Waals surface area contributed by atoms with Crippen molar-refractivity contribution >= 4 is 27.5 Å². The van der Waals surface area contributed by atoms with Gasteiger partial charge in [-0.2, -0.15) is 5.26 Å². The van der Waals surface area contributed by atoms with Crippen molar-refractivity contribution in [3.63, 3.8) is 0 Å². The van der Waals surface area contributed by atoms with Crippen LogP contribution >= 0.6 is 15.9 Å². The van der Waals surface area contributed by atoms with E-state index >= 15 is 0 Å². The number of hydrogen-bond acceptors (Lipinski definition) is 4. The summed E-state index contributed by atoms with van der Waals surface area (Å²) in [6.07, 6.45) is 1.42. The molecule has 2 rings (SSSR count). The fraction of sp³-hybridized carbons (Fsp3) is 0.273. The highest BCUT2D eigenvalue weighted by Gasteiger charge is 2.17. The molecule has 0 saturated heterocycles. The largest absolute Gasteiger partial charge is 0.494 e. The van der Waals surface area contributed by atoms with Crippen LogP contribution in [0.1, 0.15) is 36.6 Å². The Kier molecular flexibility index (Phi) is 7.65. The third-order valence-electron chi connectivity index (χ3n) is 4.19. The maximum atomic E-state index is 12.6. The van der Waals surface area contributed by atoms with Gasteiger partial charge >= 0.3 is 0 Å². The van der Waals surface area contributed by atoms with Gasteiger partial charge in [-0.3, -0.25) is 4.79 Å². The number of rotatable bonds is 7. The van der Waals surface area contributed by atoms with Crippen molar-refractivity contribution in [2.24, 2.45) is 0 Å². The van der Waals surface area contributed by atoms with Gasteiger partial charge in [0.25, 0.3) is 5.91 Å². The van der Waals surface area contributed by atoms with Gasteiger partial charge in [0.1, 0.15) is 17.4 Å². The minimum atomic E-state index is -0.444. The number of carbonyl (C=O) groups excluding carboxylic acids is 1. The molecule has 0 aliphatic carbocycles. The van der Waals surface area contributed by atoms with Crippen LogP contribution in [0.5, 0.6) is 5.75 Å². The molecule has 0 radical (unpaired) electrons. The number of amides is 1. The molecule has 2 aromatic rings. The fourth-order valence-corrected chi connectivity index (χ4v) is 2.93. The Morgan fingerprint density at radius 1 is 1.29 bits per heavy atom. The van der Waals surface area contributed by atoms with Gasteiger partial charge in [-0.25, -0.2) is 0 Å². The molecule has 6 heteroatoms. The number of hydrogen-bond donors (Lipinski definition) is 2. The monoisotopic (exact) mass is 441 g/mol. The number of aryl methyl sites for hydroxylation is 2. The number of nitrogens with zero attached hydrogens (tertiary/aromatic N) is 1. The normalized spacial score (nSPS) is 12.1. The van der Waals surface area contributed by atoms with Crippen LogP contribution in [0.3, 0.4) is 0 Å². The van der Waals surface area contributed by atoms with Crippen molar-refractivity contribution in [1.29, 1.82) is 5.26 Å². The molecular formula is C22H24BrN3O2. The van der Waals surface area contributed by atoms with E-state index in [0.29, 0.717) is 6.61 Å². The van der Waals surface area contributed by atoms with Crippen molar-refractivity contribution in [2.45, 2.75) is 33.7 Å². The average molecular weight is 442 g/mol. The predicted octanol–water partition coefficient (Wildman–Crippen LogP) is 5.16. The molecule has 5 nitrogen and oxygen atoms in total. The smallest absolute Gasteiger partial charge is 0.263 e. The molecule has 1 atom stereocenters. The average Bonchev–Trinajstić information content (AvgIpc) is 2.66. The summed E-state index contributed by atoms with van der Waals surface area (Å²) in [5.74, 6) is 0.284. The molecule has 0 heterocycles. The van der Waals surface area contributed by atoms with E-state index in [0.717, 1.165) is 32.6 Å². The standard InChI is InChI=1S/C22H24BrN3O2/c1-5-28-21-9-6-14(2)10-19(21)16(4)26-22(27)17(12-24)13-25-18-7-8-20(23)15(3)11-18/h6-11,13,16,25H,5H2,1-4H3,(H,26,27)/b17-13-. The highest BCUT2D eigenvalue weighted by Crippen LogP contribution is 2.26. The first kappa shape index (κ1) is 21.5.